The number of sulfonamides is 1. The van der Waals surface area contributed by atoms with E-state index in [1.54, 1.807) is 0 Å². The molecule has 0 spiro atoms. The summed E-state index contributed by atoms with van der Waals surface area (Å²) in [6.45, 7) is 1.45. The van der Waals surface area contributed by atoms with Crippen LogP contribution in [0.1, 0.15) is 41.3 Å². The maximum absolute atomic E-state index is 13.4. The molecule has 0 saturated heterocycles. The summed E-state index contributed by atoms with van der Waals surface area (Å²) in [6.07, 6.45) is -0.526. The summed E-state index contributed by atoms with van der Waals surface area (Å²) in [7, 11) is -1.34. The number of alkyl halides is 3. The molecule has 0 bridgehead atoms. The zero-order chi connectivity index (χ0) is 25.5. The van der Waals surface area contributed by atoms with Gasteiger partial charge in [-0.25, -0.2) is 22.7 Å². The van der Waals surface area contributed by atoms with Crippen LogP contribution in [0.2, 0.25) is 0 Å². The Morgan fingerprint density at radius 2 is 1.86 bits per heavy atom. The third kappa shape index (κ3) is 4.96. The lowest BCUT2D eigenvalue weighted by Crippen LogP contribution is -2.23. The minimum atomic E-state index is -4.64. The van der Waals surface area contributed by atoms with Gasteiger partial charge in [-0.1, -0.05) is 0 Å². The third-order valence-electron chi connectivity index (χ3n) is 5.39. The van der Waals surface area contributed by atoms with Crippen molar-refractivity contribution in [3.63, 3.8) is 0 Å². The molecule has 1 aliphatic carbocycles. The molecule has 1 fully saturated rings. The van der Waals surface area contributed by atoms with Crippen LogP contribution in [0, 0.1) is 18.3 Å². The van der Waals surface area contributed by atoms with Crippen LogP contribution < -0.4 is 4.74 Å². The smallest absolute Gasteiger partial charge is 0.433 e. The third-order valence-corrected chi connectivity index (χ3v) is 7.21. The van der Waals surface area contributed by atoms with Gasteiger partial charge in [-0.15, -0.1) is 0 Å². The Labute approximate surface area is 200 Å². The lowest BCUT2D eigenvalue weighted by molar-refractivity contribution is -0.141. The largest absolute Gasteiger partial charge is 0.435 e. The number of halogens is 3. The van der Waals surface area contributed by atoms with E-state index in [-0.39, 0.29) is 45.0 Å². The lowest BCUT2D eigenvalue weighted by Gasteiger charge is -2.19. The monoisotopic (exact) mass is 503 g/mol. The topological polar surface area (TPSA) is 109 Å². The highest BCUT2D eigenvalue weighted by atomic mass is 32.2. The molecule has 0 aromatic carbocycles. The Morgan fingerprint density at radius 1 is 1.14 bits per heavy atom. The van der Waals surface area contributed by atoms with Crippen LogP contribution in [-0.2, 0) is 16.2 Å². The molecule has 182 valence electrons. The van der Waals surface area contributed by atoms with Crippen LogP contribution in [0.25, 0.3) is 11.3 Å². The normalized spacial score (nSPS) is 14.1. The van der Waals surface area contributed by atoms with Gasteiger partial charge in [0, 0.05) is 38.0 Å². The Hall–Kier alpha value is -3.56. The van der Waals surface area contributed by atoms with Gasteiger partial charge in [0.1, 0.15) is 16.7 Å². The zero-order valence-electron chi connectivity index (χ0n) is 19.0. The van der Waals surface area contributed by atoms with Gasteiger partial charge in [0.2, 0.25) is 15.9 Å². The number of rotatable bonds is 6. The Bertz CT molecular complexity index is 1450. The maximum atomic E-state index is 13.4. The number of nitriles is 1. The summed E-state index contributed by atoms with van der Waals surface area (Å²) >= 11 is 0. The number of nitrogens with zero attached hydrogens (tertiary/aromatic N) is 5. The van der Waals surface area contributed by atoms with Crippen LogP contribution in [0.3, 0.4) is 0 Å². The fraction of sp³-hybridized carbons (Fsp3) is 0.304. The summed E-state index contributed by atoms with van der Waals surface area (Å²) in [5.41, 5.74) is 0.218. The van der Waals surface area contributed by atoms with Crippen molar-refractivity contribution in [2.75, 3.05) is 14.1 Å². The number of hydrogen-bond acceptors (Lipinski definition) is 7. The van der Waals surface area contributed by atoms with Crippen LogP contribution in [0.5, 0.6) is 11.6 Å². The van der Waals surface area contributed by atoms with E-state index in [0.717, 1.165) is 10.4 Å². The minimum absolute atomic E-state index is 0.0456. The van der Waals surface area contributed by atoms with E-state index < -0.39 is 21.9 Å². The van der Waals surface area contributed by atoms with Gasteiger partial charge < -0.3 is 4.74 Å². The summed E-state index contributed by atoms with van der Waals surface area (Å²) in [4.78, 5) is 11.9. The van der Waals surface area contributed by atoms with Crippen molar-refractivity contribution in [3.8, 4) is 29.0 Å². The highest BCUT2D eigenvalue weighted by Gasteiger charge is 2.38. The van der Waals surface area contributed by atoms with Gasteiger partial charge in [0.15, 0.2) is 5.75 Å². The molecule has 0 aliphatic heterocycles. The molecule has 0 atom stereocenters. The summed E-state index contributed by atoms with van der Waals surface area (Å²) in [5, 5.41) is 9.16. The van der Waals surface area contributed by atoms with Crippen LogP contribution >= 0.6 is 0 Å². The second kappa shape index (κ2) is 8.90. The van der Waals surface area contributed by atoms with E-state index in [4.69, 9.17) is 10.00 Å². The Balaban J connectivity index is 1.89. The van der Waals surface area contributed by atoms with E-state index in [2.05, 4.69) is 15.0 Å². The molecule has 3 aromatic heterocycles. The van der Waals surface area contributed by atoms with Gasteiger partial charge >= 0.3 is 6.18 Å². The molecule has 3 heterocycles. The molecule has 0 radical (unpaired) electrons. The van der Waals surface area contributed by atoms with Crippen molar-refractivity contribution in [2.24, 2.45) is 0 Å². The van der Waals surface area contributed by atoms with Crippen LogP contribution in [0.4, 0.5) is 13.2 Å². The number of ether oxygens (including phenoxy) is 1. The van der Waals surface area contributed by atoms with Gasteiger partial charge in [0.25, 0.3) is 0 Å². The SMILES string of the molecule is Cc1cc(C(F)(F)F)nc(C2CC2)c1Oc1nc(-c2cncc(C#N)c2)ccc1S(=O)(=O)N(C)C. The first-order valence-corrected chi connectivity index (χ1v) is 11.9. The van der Waals surface area contributed by atoms with E-state index >= 15 is 0 Å². The molecule has 1 aliphatic rings. The zero-order valence-corrected chi connectivity index (χ0v) is 19.8. The summed E-state index contributed by atoms with van der Waals surface area (Å²) in [5.74, 6) is -0.492. The quantitative estimate of drug-likeness (QED) is 0.481. The molecule has 0 N–H and O–H groups in total. The highest BCUT2D eigenvalue weighted by molar-refractivity contribution is 7.89. The average Bonchev–Trinajstić information content (AvgIpc) is 3.64. The molecule has 4 rings (SSSR count). The predicted octanol–water partition coefficient (Wildman–Crippen LogP) is 4.66. The standard InChI is InChI=1S/C23H20F3N5O3S/c1-13-8-19(23(24,25)26)30-20(15-4-5-15)21(13)34-22-18(35(32,33)31(2)3)7-6-17(29-22)16-9-14(10-27)11-28-12-16/h6-9,11-12,15H,4-5H2,1-3H3. The van der Waals surface area contributed by atoms with Crippen molar-refractivity contribution >= 4 is 10.0 Å². The van der Waals surface area contributed by atoms with E-state index in [9.17, 15) is 21.6 Å². The first-order valence-electron chi connectivity index (χ1n) is 10.5. The van der Waals surface area contributed by atoms with E-state index in [0.29, 0.717) is 18.4 Å². The molecule has 8 nitrogen and oxygen atoms in total. The van der Waals surface area contributed by atoms with Gasteiger partial charge in [-0.3, -0.25) is 4.98 Å². The molecule has 0 unspecified atom stereocenters. The summed E-state index contributed by atoms with van der Waals surface area (Å²) < 4.78 is 73.0. The average molecular weight is 504 g/mol. The van der Waals surface area contributed by atoms with Crippen molar-refractivity contribution in [1.82, 2.24) is 19.3 Å². The van der Waals surface area contributed by atoms with Crippen LogP contribution in [0.15, 0.2) is 41.6 Å². The van der Waals surface area contributed by atoms with Gasteiger partial charge in [-0.2, -0.15) is 18.4 Å². The predicted molar refractivity (Wildman–Crippen MR) is 119 cm³/mol. The number of hydrogen-bond donors (Lipinski definition) is 0. The van der Waals surface area contributed by atoms with E-state index in [1.807, 2.05) is 6.07 Å². The fourth-order valence-corrected chi connectivity index (χ4v) is 4.33. The summed E-state index contributed by atoms with van der Waals surface area (Å²) in [6, 6.07) is 7.11. The Kier molecular flexibility index (Phi) is 6.25. The molecule has 0 amide bonds. The molecule has 3 aromatic rings. The molecule has 12 heteroatoms. The number of aryl methyl sites for hydroxylation is 1. The molecular weight excluding hydrogens is 483 g/mol. The van der Waals surface area contributed by atoms with Crippen molar-refractivity contribution in [3.05, 3.63) is 59.2 Å². The second-order valence-corrected chi connectivity index (χ2v) is 10.4. The van der Waals surface area contributed by atoms with E-state index in [1.165, 1.54) is 51.6 Å². The first-order chi connectivity index (χ1) is 16.4. The Morgan fingerprint density at radius 3 is 2.46 bits per heavy atom. The van der Waals surface area contributed by atoms with Crippen molar-refractivity contribution in [1.29, 1.82) is 5.26 Å². The first kappa shape index (κ1) is 24.6. The van der Waals surface area contributed by atoms with Crippen LogP contribution in [-0.4, -0.2) is 41.8 Å². The highest BCUT2D eigenvalue weighted by Crippen LogP contribution is 2.47. The maximum Gasteiger partial charge on any atom is 0.433 e. The number of pyridine rings is 3. The van der Waals surface area contributed by atoms with Crippen molar-refractivity contribution < 1.29 is 26.3 Å². The minimum Gasteiger partial charge on any atom is -0.435 e. The molecule has 35 heavy (non-hydrogen) atoms. The van der Waals surface area contributed by atoms with Gasteiger partial charge in [0.05, 0.1) is 17.0 Å². The second-order valence-electron chi connectivity index (χ2n) is 8.27. The van der Waals surface area contributed by atoms with Gasteiger partial charge in [-0.05, 0) is 49.6 Å². The molecule has 1 saturated carbocycles. The lowest BCUT2D eigenvalue weighted by atomic mass is 10.1. The molecular formula is C23H20F3N5O3S. The fourth-order valence-electron chi connectivity index (χ4n) is 3.39. The van der Waals surface area contributed by atoms with Crippen molar-refractivity contribution in [2.45, 2.75) is 36.8 Å². The number of aromatic nitrogens is 3.